The number of hydrogen-bond donors (Lipinski definition) is 2. The Morgan fingerprint density at radius 1 is 0.419 bits per heavy atom. The number of ketones is 6. The number of rotatable bonds is 14. The van der Waals surface area contributed by atoms with Crippen molar-refractivity contribution in [3.63, 3.8) is 0 Å². The van der Waals surface area contributed by atoms with Crippen LogP contribution in [0.2, 0.25) is 0 Å². The van der Waals surface area contributed by atoms with Gasteiger partial charge in [-0.05, 0) is 215 Å². The molecule has 3 unspecified atom stereocenters. The zero-order valence-corrected chi connectivity index (χ0v) is 90.6. The summed E-state index contributed by atoms with van der Waals surface area (Å²) < 4.78 is 41.7. The van der Waals surface area contributed by atoms with Crippen LogP contribution in [-0.4, -0.2) is 250 Å². The van der Waals surface area contributed by atoms with Gasteiger partial charge in [0.05, 0.1) is 43.4 Å². The SMILES string of the molecule is BrCc1ccccc1.C.CC(=O)[C@@H]1CC(=O)CN1C(=O)OC(C)(C)C.CC(=O)[C@@H]1C[C@@H](O)CN1C(=O)OC(C)(C)C.CC=C1C[C@@H](C(C)=O)N(C(=O)OC(C)(C)C)C1.CCC1C[C@@H](C(=O)O)N(C(=O)OC(C)(C)C)C1.CCC1C[C@@H](C(C)=O)N(C(=O)OC(C)(C)C)C1.CCC1C[C@@H](C(C)=O)N(C(=O)OC(C)(C)C)C1.CCP(Br)(c1ccccc1)(c1ccccc1)c1ccccc1.CSF.[Li+].[OH-]. The van der Waals surface area contributed by atoms with E-state index < -0.39 is 93.5 Å². The molecule has 6 amide bonds. The van der Waals surface area contributed by atoms with Crippen molar-refractivity contribution in [3.8, 4) is 0 Å². The number of β-amino-alcohol motifs (C(OH)–C–C–N with tert-alkyl or cyclic N) is 1. The normalized spacial score (nSPS) is 20.5. The van der Waals surface area contributed by atoms with Crippen LogP contribution < -0.4 is 34.8 Å². The number of aliphatic hydroxyl groups excluding tert-OH is 1. The number of carboxylic acid groups (broad SMARTS) is 1. The number of allylic oxidation sites excluding steroid dienone is 1. The molecule has 6 aliphatic heterocycles. The summed E-state index contributed by atoms with van der Waals surface area (Å²) in [4.78, 5) is 159. The fraction of sp³-hybridized carbons (Fsp3) is 0.618. The van der Waals surface area contributed by atoms with Gasteiger partial charge < -0.3 is 44.1 Å². The summed E-state index contributed by atoms with van der Waals surface area (Å²) in [6.45, 7) is 52.4. The monoisotopic (exact) mass is 2070 g/mol. The second-order valence-electron chi connectivity index (χ2n) is 39.8. The number of halogens is 3. The number of nitrogens with zero attached hydrogens (tertiary/aromatic N) is 6. The first-order valence-corrected chi connectivity index (χ1v) is 52.3. The third kappa shape index (κ3) is 43.8. The summed E-state index contributed by atoms with van der Waals surface area (Å²) in [5, 5.41) is 21.1. The number of Topliss-reactive ketones (excluding diaryl/α,β-unsaturated/α-hetero) is 6. The molecule has 34 heteroatoms. The molecule has 0 aliphatic carbocycles. The van der Waals surface area contributed by atoms with E-state index in [4.69, 9.17) is 33.5 Å². The van der Waals surface area contributed by atoms with E-state index in [1.54, 1.807) is 86.0 Å². The maximum absolute atomic E-state index is 12.0. The molecule has 6 fully saturated rings. The number of hydrogen-bond acceptors (Lipinski definition) is 22. The molecule has 6 aliphatic rings. The zero-order chi connectivity index (χ0) is 102. The van der Waals surface area contributed by atoms with Gasteiger partial charge in [0, 0.05) is 62.8 Å². The van der Waals surface area contributed by atoms with Crippen molar-refractivity contribution in [2.24, 2.45) is 17.8 Å². The molecule has 0 radical (unpaired) electrons. The minimum atomic E-state index is -2.59. The predicted octanol–water partition coefficient (Wildman–Crippen LogP) is 18.1. The quantitative estimate of drug-likeness (QED) is 0.0389. The Labute approximate surface area is 843 Å². The van der Waals surface area contributed by atoms with Gasteiger partial charge in [-0.2, -0.15) is 3.89 Å². The second-order valence-corrected chi connectivity index (χ2v) is 49.9. The Bertz CT molecular complexity index is 4220. The molecule has 0 aromatic heterocycles. The van der Waals surface area contributed by atoms with E-state index in [1.807, 2.05) is 100 Å². The minimum Gasteiger partial charge on any atom is -0.870 e. The van der Waals surface area contributed by atoms with Crippen molar-refractivity contribution >= 4 is 142 Å². The average molecular weight is 2070 g/mol. The van der Waals surface area contributed by atoms with Crippen LogP contribution in [-0.2, 0) is 67.3 Å². The smallest absolute Gasteiger partial charge is 0.870 e. The van der Waals surface area contributed by atoms with Gasteiger partial charge in [-0.25, -0.2) is 33.6 Å². The number of carbonyl (C=O) groups is 13. The summed E-state index contributed by atoms with van der Waals surface area (Å²) in [5.41, 5.74) is -0.924. The Morgan fingerprint density at radius 3 is 0.904 bits per heavy atom. The average Bonchev–Trinajstić information content (AvgIpc) is 0.729. The van der Waals surface area contributed by atoms with E-state index in [2.05, 4.69) is 155 Å². The van der Waals surface area contributed by atoms with Crippen LogP contribution in [0.5, 0.6) is 0 Å². The summed E-state index contributed by atoms with van der Waals surface area (Å²) in [7, 11) is 0. The maximum Gasteiger partial charge on any atom is 1.00 e. The number of aliphatic hydroxyl groups is 1. The number of carbonyl (C=O) groups excluding carboxylic acids is 12. The number of ether oxygens (including phenoxy) is 6. The third-order valence-electron chi connectivity index (χ3n) is 21.8. The van der Waals surface area contributed by atoms with Gasteiger partial charge in [0.1, 0.15) is 45.7 Å². The first kappa shape index (κ1) is 130. The number of likely N-dealkylation sites (tertiary alicyclic amines) is 6. The van der Waals surface area contributed by atoms with Crippen LogP contribution in [0, 0.1) is 17.8 Å². The van der Waals surface area contributed by atoms with Crippen LogP contribution >= 0.6 is 48.9 Å². The Hall–Kier alpha value is -8.08. The standard InChI is InChI=1S/C20H20BrP.2C13H23NO3.C13H21NO3.C12H21NO4.C11H19NO4.C11H17NO4.C7H7Br.CH3FS.CH4.Li.H2O/c1-2-22(21,18-12-6-3-7-13-18,19-14-8-4-9-15-19)20-16-10-5-11-17-20;3*1-6-10-7-11(9(2)15)14(8-10)12(16)17-13(3,4)5;1-5-8-6-9(10(14)15)13(7-8)11(16)17-12(2,3)4;2*1-7(13)9-5-8(14)6-12(9)10(15)16-11(2,3)4;8-6-7-4-2-1-3-5-7;1-3-2;;;/h3-17H,2H2,1H3;2*10-11H,6-8H2,1-5H3;6,11H,7-8H2,1-5H3;8-9H,5-7H2,1-4H3,(H,14,15);8-9,14H,5-6H2,1-4H3;9H,5-6H2,1-4H3;1-5H,6H2;1H3;1H4;;1H2/q;;;;;;;;;;+1;/p-1/t;2*10?,11-;11-;8?,9-;8-,9+;9-;;;;;/m.000010...../s1. The van der Waals surface area contributed by atoms with Gasteiger partial charge in [0.2, 0.25) is 0 Å². The van der Waals surface area contributed by atoms with Crippen LogP contribution in [0.1, 0.15) is 265 Å². The molecule has 0 bridgehead atoms. The van der Waals surface area contributed by atoms with Gasteiger partial charge in [0.25, 0.3) is 0 Å². The molecule has 0 saturated carbocycles. The molecular weight excluding hydrogens is 1910 g/mol. The topological polar surface area (TPSA) is 367 Å². The molecule has 10 atom stereocenters. The fourth-order valence-electron chi connectivity index (χ4n) is 15.1. The van der Waals surface area contributed by atoms with Crippen LogP contribution in [0.25, 0.3) is 0 Å². The van der Waals surface area contributed by atoms with Gasteiger partial charge in [0.15, 0.2) is 34.7 Å². The number of amides is 6. The van der Waals surface area contributed by atoms with Gasteiger partial charge >= 0.3 is 202 Å². The van der Waals surface area contributed by atoms with Crippen molar-refractivity contribution in [3.05, 3.63) is 139 Å². The Morgan fingerprint density at radius 2 is 0.662 bits per heavy atom. The molecule has 6 saturated heterocycles. The number of aliphatic carboxylic acids is 1. The molecule has 4 aromatic rings. The Kier molecular flexibility index (Phi) is 56.2. The fourth-order valence-corrected chi connectivity index (χ4v) is 22.0. The first-order chi connectivity index (χ1) is 61.4. The van der Waals surface area contributed by atoms with Crippen molar-refractivity contribution < 1.29 is 129 Å². The molecule has 10 rings (SSSR count). The van der Waals surface area contributed by atoms with Crippen molar-refractivity contribution in [2.45, 2.75) is 340 Å². The van der Waals surface area contributed by atoms with Crippen molar-refractivity contribution in [2.75, 3.05) is 51.7 Å². The van der Waals surface area contributed by atoms with E-state index in [1.165, 1.54) is 68.1 Å². The van der Waals surface area contributed by atoms with Crippen molar-refractivity contribution in [1.29, 1.82) is 0 Å². The van der Waals surface area contributed by atoms with Crippen LogP contribution in [0.3, 0.4) is 0 Å². The van der Waals surface area contributed by atoms with Crippen LogP contribution in [0.4, 0.5) is 32.7 Å². The van der Waals surface area contributed by atoms with E-state index in [0.29, 0.717) is 57.3 Å². The van der Waals surface area contributed by atoms with E-state index in [9.17, 15) is 71.3 Å². The molecule has 4 aromatic carbocycles. The first-order valence-electron chi connectivity index (χ1n) is 45.6. The van der Waals surface area contributed by atoms with Crippen LogP contribution in [0.15, 0.2) is 133 Å². The summed E-state index contributed by atoms with van der Waals surface area (Å²) in [6.07, 6.45) is 6.89. The zero-order valence-electron chi connectivity index (χ0n) is 85.7. The third-order valence-corrected chi connectivity index (χ3v) is 33.0. The number of carboxylic acids is 1. The molecule has 6 heterocycles. The molecule has 3 N–H and O–H groups in total. The number of alkyl halides is 1. The summed E-state index contributed by atoms with van der Waals surface area (Å²) in [5.74, 6) is -0.181. The Balaban J connectivity index is 0. The second kappa shape index (κ2) is 58.8. The van der Waals surface area contributed by atoms with Gasteiger partial charge in [-0.3, -0.25) is 58.2 Å². The van der Waals surface area contributed by atoms with Gasteiger partial charge in [-0.15, -0.1) is 0 Å². The van der Waals surface area contributed by atoms with E-state index in [0.717, 1.165) is 49.2 Å². The summed E-state index contributed by atoms with van der Waals surface area (Å²) >= 11 is 7.95. The molecule has 136 heavy (non-hydrogen) atoms. The molecule has 28 nitrogen and oxygen atoms in total. The molecular formula is C102H159Br2FLiN6O22PS. The van der Waals surface area contributed by atoms with Crippen molar-refractivity contribution in [1.82, 2.24) is 29.4 Å². The predicted molar refractivity (Wildman–Crippen MR) is 542 cm³/mol. The molecule has 762 valence electrons. The van der Waals surface area contributed by atoms with E-state index >= 15 is 0 Å². The minimum absolute atomic E-state index is 0. The number of benzene rings is 4. The van der Waals surface area contributed by atoms with E-state index in [-0.39, 0.29) is 134 Å². The maximum atomic E-state index is 12.0. The molecule has 0 spiro atoms. The van der Waals surface area contributed by atoms with Gasteiger partial charge in [-0.1, -0.05) is 105 Å². The summed E-state index contributed by atoms with van der Waals surface area (Å²) in [6, 6.07) is 40.0. The largest absolute Gasteiger partial charge is 1.00 e.